The van der Waals surface area contributed by atoms with Gasteiger partial charge in [-0.25, -0.2) is 0 Å². The third-order valence-electron chi connectivity index (χ3n) is 2.87. The Morgan fingerprint density at radius 3 is 1.84 bits per heavy atom. The number of rotatable bonds is 4. The summed E-state index contributed by atoms with van der Waals surface area (Å²) in [5.74, 6) is -0.734. The van der Waals surface area contributed by atoms with E-state index in [2.05, 4.69) is 5.32 Å². The van der Waals surface area contributed by atoms with Gasteiger partial charge in [-0.05, 0) is 17.7 Å². The van der Waals surface area contributed by atoms with Crippen LogP contribution < -0.4 is 5.32 Å². The van der Waals surface area contributed by atoms with E-state index in [9.17, 15) is 0 Å². The minimum absolute atomic E-state index is 0.335. The van der Waals surface area contributed by atoms with E-state index in [1.165, 1.54) is 0 Å². The van der Waals surface area contributed by atoms with Crippen molar-refractivity contribution in [3.63, 3.8) is 0 Å². The van der Waals surface area contributed by atoms with Gasteiger partial charge >= 0.3 is 0 Å². The molecule has 0 aliphatic heterocycles. The number of nitriles is 2. The van der Waals surface area contributed by atoms with Gasteiger partial charge in [0.25, 0.3) is 0 Å². The molecule has 1 N–H and O–H groups in total. The van der Waals surface area contributed by atoms with E-state index in [4.69, 9.17) is 10.5 Å². The summed E-state index contributed by atoms with van der Waals surface area (Å²) in [6, 6.07) is 22.9. The Hall–Kier alpha value is -2.78. The molecule has 3 heteroatoms. The molecule has 92 valence electrons. The molecule has 1 unspecified atom stereocenters. The third-order valence-corrected chi connectivity index (χ3v) is 2.87. The first-order chi connectivity index (χ1) is 9.35. The predicted molar refractivity (Wildman–Crippen MR) is 74.0 cm³/mol. The Balaban J connectivity index is 2.31. The maximum atomic E-state index is 9.12. The van der Waals surface area contributed by atoms with Gasteiger partial charge in [0, 0.05) is 5.69 Å². The second-order valence-corrected chi connectivity index (χ2v) is 4.13. The maximum absolute atomic E-state index is 9.12. The first kappa shape index (κ1) is 12.7. The van der Waals surface area contributed by atoms with Gasteiger partial charge < -0.3 is 5.32 Å². The van der Waals surface area contributed by atoms with Crippen LogP contribution in [0.3, 0.4) is 0 Å². The number of hydrogen-bond donors (Lipinski definition) is 1. The van der Waals surface area contributed by atoms with E-state index in [1.807, 2.05) is 72.8 Å². The maximum Gasteiger partial charge on any atom is 0.157 e. The Kier molecular flexibility index (Phi) is 4.16. The molecule has 2 aromatic rings. The molecule has 0 saturated carbocycles. The highest BCUT2D eigenvalue weighted by Crippen LogP contribution is 2.26. The van der Waals surface area contributed by atoms with E-state index >= 15 is 0 Å². The van der Waals surface area contributed by atoms with Gasteiger partial charge in [0.2, 0.25) is 0 Å². The SMILES string of the molecule is N#CC(C#N)C(Nc1ccccc1)c1ccccc1. The van der Waals surface area contributed by atoms with Crippen molar-refractivity contribution in [2.45, 2.75) is 6.04 Å². The lowest BCUT2D eigenvalue weighted by Gasteiger charge is -2.20. The summed E-state index contributed by atoms with van der Waals surface area (Å²) in [6.45, 7) is 0. The molecule has 0 aromatic heterocycles. The van der Waals surface area contributed by atoms with Crippen molar-refractivity contribution in [3.05, 3.63) is 66.2 Å². The Labute approximate surface area is 112 Å². The Morgan fingerprint density at radius 2 is 1.32 bits per heavy atom. The molecule has 19 heavy (non-hydrogen) atoms. The molecular formula is C16H13N3. The van der Waals surface area contributed by atoms with Crippen LogP contribution in [-0.2, 0) is 0 Å². The van der Waals surface area contributed by atoms with E-state index in [1.54, 1.807) is 0 Å². The highest BCUT2D eigenvalue weighted by atomic mass is 14.9. The van der Waals surface area contributed by atoms with E-state index < -0.39 is 5.92 Å². The van der Waals surface area contributed by atoms with Crippen LogP contribution in [0, 0.1) is 28.6 Å². The number of benzene rings is 2. The van der Waals surface area contributed by atoms with Crippen LogP contribution in [0.5, 0.6) is 0 Å². The molecule has 0 heterocycles. The van der Waals surface area contributed by atoms with Gasteiger partial charge in [0.15, 0.2) is 5.92 Å². The van der Waals surface area contributed by atoms with Crippen molar-refractivity contribution >= 4 is 5.69 Å². The van der Waals surface area contributed by atoms with Gasteiger partial charge in [0.05, 0.1) is 18.2 Å². The zero-order valence-corrected chi connectivity index (χ0v) is 10.3. The molecule has 1 atom stereocenters. The molecule has 0 saturated heterocycles. The van der Waals surface area contributed by atoms with Crippen molar-refractivity contribution in [1.82, 2.24) is 0 Å². The largest absolute Gasteiger partial charge is 0.376 e. The van der Waals surface area contributed by atoms with E-state index in [0.29, 0.717) is 0 Å². The first-order valence-corrected chi connectivity index (χ1v) is 6.01. The highest BCUT2D eigenvalue weighted by molar-refractivity contribution is 5.46. The third kappa shape index (κ3) is 3.12. The zero-order chi connectivity index (χ0) is 13.5. The lowest BCUT2D eigenvalue weighted by molar-refractivity contribution is 0.684. The molecule has 2 rings (SSSR count). The second-order valence-electron chi connectivity index (χ2n) is 4.13. The van der Waals surface area contributed by atoms with Crippen molar-refractivity contribution < 1.29 is 0 Å². The highest BCUT2D eigenvalue weighted by Gasteiger charge is 2.22. The van der Waals surface area contributed by atoms with Crippen LogP contribution in [0.2, 0.25) is 0 Å². The number of para-hydroxylation sites is 1. The summed E-state index contributed by atoms with van der Waals surface area (Å²) in [5, 5.41) is 21.5. The Bertz CT molecular complexity index is 579. The minimum atomic E-state index is -0.734. The summed E-state index contributed by atoms with van der Waals surface area (Å²) in [5.41, 5.74) is 1.83. The molecule has 2 aromatic carbocycles. The molecule has 0 aliphatic rings. The zero-order valence-electron chi connectivity index (χ0n) is 10.3. The standard InChI is InChI=1S/C16H13N3/c17-11-14(12-18)16(13-7-3-1-4-8-13)19-15-9-5-2-6-10-15/h1-10,14,16,19H. The van der Waals surface area contributed by atoms with Crippen LogP contribution in [0.25, 0.3) is 0 Å². The van der Waals surface area contributed by atoms with Crippen LogP contribution >= 0.6 is 0 Å². The summed E-state index contributed by atoms with van der Waals surface area (Å²) < 4.78 is 0. The van der Waals surface area contributed by atoms with Crippen molar-refractivity contribution in [2.75, 3.05) is 5.32 Å². The monoisotopic (exact) mass is 247 g/mol. The number of nitrogens with one attached hydrogen (secondary N) is 1. The molecular weight excluding hydrogens is 234 g/mol. The molecule has 0 radical (unpaired) electrons. The summed E-state index contributed by atoms with van der Waals surface area (Å²) in [7, 11) is 0. The molecule has 0 amide bonds. The van der Waals surface area contributed by atoms with Gasteiger partial charge in [-0.3, -0.25) is 0 Å². The van der Waals surface area contributed by atoms with Gasteiger partial charge in [-0.1, -0.05) is 48.5 Å². The second kappa shape index (κ2) is 6.23. The van der Waals surface area contributed by atoms with Crippen molar-refractivity contribution in [2.24, 2.45) is 5.92 Å². The molecule has 3 nitrogen and oxygen atoms in total. The fraction of sp³-hybridized carbons (Fsp3) is 0.125. The lowest BCUT2D eigenvalue weighted by Crippen LogP contribution is -2.18. The fourth-order valence-electron chi connectivity index (χ4n) is 1.91. The van der Waals surface area contributed by atoms with Gasteiger partial charge in [-0.15, -0.1) is 0 Å². The number of hydrogen-bond acceptors (Lipinski definition) is 3. The predicted octanol–water partition coefficient (Wildman–Crippen LogP) is 3.50. The van der Waals surface area contributed by atoms with E-state index in [0.717, 1.165) is 11.3 Å². The smallest absolute Gasteiger partial charge is 0.157 e. The van der Waals surface area contributed by atoms with E-state index in [-0.39, 0.29) is 6.04 Å². The van der Waals surface area contributed by atoms with Crippen LogP contribution in [0.15, 0.2) is 60.7 Å². The van der Waals surface area contributed by atoms with Crippen molar-refractivity contribution in [3.8, 4) is 12.1 Å². The molecule has 0 aliphatic carbocycles. The average Bonchev–Trinajstić information content (AvgIpc) is 2.49. The number of nitrogens with zero attached hydrogens (tertiary/aromatic N) is 2. The number of anilines is 1. The molecule has 0 bridgehead atoms. The summed E-state index contributed by atoms with van der Waals surface area (Å²) in [4.78, 5) is 0. The summed E-state index contributed by atoms with van der Waals surface area (Å²) >= 11 is 0. The normalized spacial score (nSPS) is 11.3. The minimum Gasteiger partial charge on any atom is -0.376 e. The first-order valence-electron chi connectivity index (χ1n) is 6.01. The van der Waals surface area contributed by atoms with Gasteiger partial charge in [0.1, 0.15) is 0 Å². The topological polar surface area (TPSA) is 59.6 Å². The summed E-state index contributed by atoms with van der Waals surface area (Å²) in [6.07, 6.45) is 0. The molecule has 0 fully saturated rings. The van der Waals surface area contributed by atoms with Crippen molar-refractivity contribution in [1.29, 1.82) is 10.5 Å². The van der Waals surface area contributed by atoms with Crippen LogP contribution in [0.1, 0.15) is 11.6 Å². The quantitative estimate of drug-likeness (QED) is 0.899. The van der Waals surface area contributed by atoms with Crippen LogP contribution in [-0.4, -0.2) is 0 Å². The van der Waals surface area contributed by atoms with Crippen LogP contribution in [0.4, 0.5) is 5.69 Å². The average molecular weight is 247 g/mol. The molecule has 0 spiro atoms. The fourth-order valence-corrected chi connectivity index (χ4v) is 1.91. The van der Waals surface area contributed by atoms with Gasteiger partial charge in [-0.2, -0.15) is 10.5 Å². The Morgan fingerprint density at radius 1 is 0.789 bits per heavy atom. The lowest BCUT2D eigenvalue weighted by atomic mass is 9.95.